The molecule has 0 N–H and O–H groups in total. The lowest BCUT2D eigenvalue weighted by atomic mass is 10.0. The van der Waals surface area contributed by atoms with Crippen LogP contribution in [0.25, 0.3) is 0 Å². The van der Waals surface area contributed by atoms with Gasteiger partial charge in [0.2, 0.25) is 0 Å². The molecule has 112 valence electrons. The number of rotatable bonds is 4. The molecule has 0 fully saturated rings. The van der Waals surface area contributed by atoms with E-state index in [9.17, 15) is 0 Å². The molecule has 0 bridgehead atoms. The number of thioether (sulfide) groups is 1. The zero-order valence-corrected chi connectivity index (χ0v) is 14.1. The summed E-state index contributed by atoms with van der Waals surface area (Å²) in [6.07, 6.45) is 7.63. The predicted octanol–water partition coefficient (Wildman–Crippen LogP) is 3.98. The number of nitrogens with zero attached hydrogens (tertiary/aromatic N) is 2. The van der Waals surface area contributed by atoms with E-state index in [-0.39, 0.29) is 0 Å². The summed E-state index contributed by atoms with van der Waals surface area (Å²) in [5.74, 6) is 0. The fourth-order valence-electron chi connectivity index (χ4n) is 2.92. The van der Waals surface area contributed by atoms with Crippen molar-refractivity contribution >= 4 is 29.1 Å². The summed E-state index contributed by atoms with van der Waals surface area (Å²) in [5.41, 5.74) is 1.35. The molecule has 2 aliphatic rings. The van der Waals surface area contributed by atoms with Crippen molar-refractivity contribution in [3.63, 3.8) is 0 Å². The molecule has 3 rings (SSSR count). The average Bonchev–Trinajstić information content (AvgIpc) is 2.46. The second-order valence-electron chi connectivity index (χ2n) is 5.80. The van der Waals surface area contributed by atoms with Crippen molar-refractivity contribution < 1.29 is 0 Å². The molecule has 2 nitrogen and oxygen atoms in total. The van der Waals surface area contributed by atoms with Crippen LogP contribution in [-0.4, -0.2) is 43.4 Å². The minimum Gasteiger partial charge on any atom is -0.363 e. The van der Waals surface area contributed by atoms with Crippen LogP contribution in [0.15, 0.2) is 52.4 Å². The Hall–Kier alpha value is -0.900. The summed E-state index contributed by atoms with van der Waals surface area (Å²) < 4.78 is 0. The van der Waals surface area contributed by atoms with E-state index in [1.807, 2.05) is 17.8 Å². The molecule has 0 amide bonds. The van der Waals surface area contributed by atoms with E-state index in [1.54, 1.807) is 0 Å². The summed E-state index contributed by atoms with van der Waals surface area (Å²) in [4.78, 5) is 6.14. The highest BCUT2D eigenvalue weighted by molar-refractivity contribution is 8.00. The zero-order chi connectivity index (χ0) is 14.8. The first kappa shape index (κ1) is 15.0. The van der Waals surface area contributed by atoms with Gasteiger partial charge < -0.3 is 9.80 Å². The SMILES string of the molecule is CN(C)CCCN1c2ccccc2SC2C=CC(Cl)=CC21. The molecule has 0 spiro atoms. The van der Waals surface area contributed by atoms with Gasteiger partial charge in [-0.15, -0.1) is 11.8 Å². The van der Waals surface area contributed by atoms with E-state index < -0.39 is 0 Å². The van der Waals surface area contributed by atoms with E-state index in [0.29, 0.717) is 11.3 Å². The molecular weight excluding hydrogens is 300 g/mol. The molecule has 0 aromatic heterocycles. The first-order valence-corrected chi connectivity index (χ1v) is 8.63. The molecular formula is C17H21ClN2S. The highest BCUT2D eigenvalue weighted by Gasteiger charge is 2.33. The summed E-state index contributed by atoms with van der Waals surface area (Å²) in [6, 6.07) is 9.07. The third-order valence-corrected chi connectivity index (χ3v) is 5.47. The van der Waals surface area contributed by atoms with Crippen molar-refractivity contribution in [1.29, 1.82) is 0 Å². The fraction of sp³-hybridized carbons (Fsp3) is 0.412. The molecule has 2 unspecified atom stereocenters. The number of hydrogen-bond acceptors (Lipinski definition) is 3. The average molecular weight is 321 g/mol. The van der Waals surface area contributed by atoms with Gasteiger partial charge in [0, 0.05) is 16.5 Å². The lowest BCUT2D eigenvalue weighted by Gasteiger charge is -2.42. The van der Waals surface area contributed by atoms with Gasteiger partial charge in [0.15, 0.2) is 0 Å². The van der Waals surface area contributed by atoms with Crippen LogP contribution in [0.3, 0.4) is 0 Å². The molecule has 21 heavy (non-hydrogen) atoms. The zero-order valence-electron chi connectivity index (χ0n) is 12.5. The smallest absolute Gasteiger partial charge is 0.0648 e. The maximum atomic E-state index is 6.24. The minimum atomic E-state index is 0.365. The number of para-hydroxylation sites is 1. The largest absolute Gasteiger partial charge is 0.363 e. The van der Waals surface area contributed by atoms with E-state index in [2.05, 4.69) is 60.3 Å². The van der Waals surface area contributed by atoms with Crippen molar-refractivity contribution in [3.8, 4) is 0 Å². The molecule has 0 saturated heterocycles. The lowest BCUT2D eigenvalue weighted by Crippen LogP contribution is -2.45. The Balaban J connectivity index is 1.87. The minimum absolute atomic E-state index is 0.365. The Morgan fingerprint density at radius 1 is 1.29 bits per heavy atom. The summed E-state index contributed by atoms with van der Waals surface area (Å²) in [7, 11) is 4.26. The number of allylic oxidation sites excluding steroid dienone is 2. The van der Waals surface area contributed by atoms with Crippen LogP contribution >= 0.6 is 23.4 Å². The molecule has 1 aliphatic carbocycles. The molecule has 4 heteroatoms. The molecule has 0 radical (unpaired) electrons. The molecule has 1 heterocycles. The van der Waals surface area contributed by atoms with Crippen LogP contribution in [0.4, 0.5) is 5.69 Å². The third-order valence-electron chi connectivity index (χ3n) is 3.91. The van der Waals surface area contributed by atoms with Gasteiger partial charge in [-0.25, -0.2) is 0 Å². The van der Waals surface area contributed by atoms with Gasteiger partial charge in [-0.3, -0.25) is 0 Å². The van der Waals surface area contributed by atoms with Gasteiger partial charge in [0.05, 0.1) is 17.0 Å². The molecule has 2 atom stereocenters. The van der Waals surface area contributed by atoms with E-state index in [4.69, 9.17) is 11.6 Å². The maximum absolute atomic E-state index is 6.24. The Morgan fingerprint density at radius 2 is 2.10 bits per heavy atom. The third kappa shape index (κ3) is 3.31. The lowest BCUT2D eigenvalue weighted by molar-refractivity contribution is 0.398. The summed E-state index contributed by atoms with van der Waals surface area (Å²) in [6.45, 7) is 2.17. The van der Waals surface area contributed by atoms with Crippen LogP contribution in [0, 0.1) is 0 Å². The first-order chi connectivity index (χ1) is 10.1. The number of halogens is 1. The number of anilines is 1. The van der Waals surface area contributed by atoms with Crippen molar-refractivity contribution in [2.24, 2.45) is 0 Å². The van der Waals surface area contributed by atoms with Crippen LogP contribution in [-0.2, 0) is 0 Å². The van der Waals surface area contributed by atoms with Crippen molar-refractivity contribution in [3.05, 3.63) is 47.5 Å². The maximum Gasteiger partial charge on any atom is 0.0648 e. The number of hydrogen-bond donors (Lipinski definition) is 0. The summed E-state index contributed by atoms with van der Waals surface area (Å²) >= 11 is 8.19. The van der Waals surface area contributed by atoms with Gasteiger partial charge in [0.1, 0.15) is 0 Å². The monoisotopic (exact) mass is 320 g/mol. The van der Waals surface area contributed by atoms with Gasteiger partial charge in [-0.05, 0) is 51.3 Å². The molecule has 1 aromatic rings. The highest BCUT2D eigenvalue weighted by atomic mass is 35.5. The van der Waals surface area contributed by atoms with E-state index in [1.165, 1.54) is 10.6 Å². The second kappa shape index (κ2) is 6.47. The second-order valence-corrected chi connectivity index (χ2v) is 7.46. The quantitative estimate of drug-likeness (QED) is 0.828. The summed E-state index contributed by atoms with van der Waals surface area (Å²) in [5, 5.41) is 1.32. The van der Waals surface area contributed by atoms with Crippen LogP contribution < -0.4 is 4.90 Å². The fourth-order valence-corrected chi connectivity index (χ4v) is 4.40. The topological polar surface area (TPSA) is 6.48 Å². The van der Waals surface area contributed by atoms with Crippen LogP contribution in [0.2, 0.25) is 0 Å². The van der Waals surface area contributed by atoms with Gasteiger partial charge >= 0.3 is 0 Å². The van der Waals surface area contributed by atoms with E-state index >= 15 is 0 Å². The van der Waals surface area contributed by atoms with Crippen molar-refractivity contribution in [1.82, 2.24) is 4.90 Å². The van der Waals surface area contributed by atoms with Crippen LogP contribution in [0.5, 0.6) is 0 Å². The Bertz CT molecular complexity index is 568. The van der Waals surface area contributed by atoms with Gasteiger partial charge in [-0.2, -0.15) is 0 Å². The highest BCUT2D eigenvalue weighted by Crippen LogP contribution is 2.44. The number of benzene rings is 1. The van der Waals surface area contributed by atoms with Crippen molar-refractivity contribution in [2.75, 3.05) is 32.1 Å². The Kier molecular flexibility index (Phi) is 4.63. The Labute approximate surface area is 136 Å². The first-order valence-electron chi connectivity index (χ1n) is 7.38. The van der Waals surface area contributed by atoms with Gasteiger partial charge in [0.25, 0.3) is 0 Å². The normalized spacial score (nSPS) is 23.8. The molecule has 0 saturated carbocycles. The molecule has 1 aromatic carbocycles. The van der Waals surface area contributed by atoms with Gasteiger partial charge in [-0.1, -0.05) is 29.8 Å². The van der Waals surface area contributed by atoms with E-state index in [0.717, 1.165) is 24.5 Å². The predicted molar refractivity (Wildman–Crippen MR) is 93.5 cm³/mol. The standard InChI is InChI=1S/C17H21ClN2S/c1-19(2)10-5-11-20-14-6-3-4-7-16(14)21-17-9-8-13(18)12-15(17)20/h3-4,6-9,12,15,17H,5,10-11H2,1-2H3. The Morgan fingerprint density at radius 3 is 2.90 bits per heavy atom. The van der Waals surface area contributed by atoms with Crippen molar-refractivity contribution in [2.45, 2.75) is 22.6 Å². The van der Waals surface area contributed by atoms with Crippen LogP contribution in [0.1, 0.15) is 6.42 Å². The number of fused-ring (bicyclic) bond motifs is 2. The molecule has 1 aliphatic heterocycles.